The van der Waals surface area contributed by atoms with E-state index in [1.165, 1.54) is 0 Å². The summed E-state index contributed by atoms with van der Waals surface area (Å²) in [5, 5.41) is 18.6. The lowest BCUT2D eigenvalue weighted by Gasteiger charge is -2.55. The van der Waals surface area contributed by atoms with E-state index in [2.05, 4.69) is 45.6 Å². The molecule has 0 aliphatic heterocycles. The third-order valence-electron chi connectivity index (χ3n) is 12.1. The summed E-state index contributed by atoms with van der Waals surface area (Å²) in [7, 11) is 2.57. The Balaban J connectivity index is 1.47. The summed E-state index contributed by atoms with van der Waals surface area (Å²) in [6.45, 7) is 16.5. The van der Waals surface area contributed by atoms with Crippen molar-refractivity contribution >= 4 is 30.7 Å². The van der Waals surface area contributed by atoms with Crippen molar-refractivity contribution in [2.75, 3.05) is 27.8 Å². The highest BCUT2D eigenvalue weighted by molar-refractivity contribution is 6.74. The van der Waals surface area contributed by atoms with Gasteiger partial charge in [-0.3, -0.25) is 14.5 Å². The molecule has 0 saturated carbocycles. The molecule has 11 heteroatoms. The summed E-state index contributed by atoms with van der Waals surface area (Å²) < 4.78 is 31.4. The number of allylic oxidation sites excluding steroid dienone is 1. The van der Waals surface area contributed by atoms with E-state index in [1.54, 1.807) is 13.2 Å². The van der Waals surface area contributed by atoms with Gasteiger partial charge in [0.15, 0.2) is 25.5 Å². The smallest absolute Gasteiger partial charge is 0.265 e. The van der Waals surface area contributed by atoms with Gasteiger partial charge in [0, 0.05) is 28.0 Å². The van der Waals surface area contributed by atoms with E-state index < -0.39 is 37.6 Å². The van der Waals surface area contributed by atoms with Gasteiger partial charge in [-0.2, -0.15) is 0 Å². The summed E-state index contributed by atoms with van der Waals surface area (Å²) in [5.74, 6) is -0.623. The minimum Gasteiger partial charge on any atom is -0.508 e. The topological polar surface area (TPSA) is 121 Å². The van der Waals surface area contributed by atoms with Crippen LogP contribution in [-0.4, -0.2) is 68.5 Å². The molecule has 3 aromatic carbocycles. The number of carbonyl (C=O) groups excluding carboxylic acids is 2. The van der Waals surface area contributed by atoms with Crippen molar-refractivity contribution in [2.45, 2.75) is 76.9 Å². The number of aliphatic hydroxyl groups is 1. The zero-order valence-electron chi connectivity index (χ0n) is 32.7. The molecule has 0 radical (unpaired) electrons. The van der Waals surface area contributed by atoms with Crippen molar-refractivity contribution in [1.82, 2.24) is 10.1 Å². The Hall–Kier alpha value is -4.71. The molecule has 0 saturated heterocycles. The van der Waals surface area contributed by atoms with Gasteiger partial charge in [-0.25, -0.2) is 0 Å². The van der Waals surface area contributed by atoms with Crippen LogP contribution < -0.4 is 14.2 Å². The van der Waals surface area contributed by atoms with E-state index >= 15 is 9.59 Å². The quantitative estimate of drug-likeness (QED) is 0.124. The van der Waals surface area contributed by atoms with Gasteiger partial charge in [0.05, 0.1) is 13.2 Å². The lowest BCUT2D eigenvalue weighted by Crippen LogP contribution is -2.65. The SMILES string of the molecule is C=CCOc1c2c(c(C)c3cc(OC)ccc13)C(=O)C1=C(O)[C@]3(O[Si](C)(C)C(C)(C)C)C(=O)c4c(OCc5ccccc5)noc4[C@@H](N(C)C)[C@@H]3C[C@@H]1C2. The maximum Gasteiger partial charge on any atom is 0.265 e. The first-order valence-electron chi connectivity index (χ1n) is 18.5. The second-order valence-corrected chi connectivity index (χ2v) is 21.2. The Kier molecular flexibility index (Phi) is 9.43. The summed E-state index contributed by atoms with van der Waals surface area (Å²) in [6.07, 6.45) is 2.44. The van der Waals surface area contributed by atoms with Gasteiger partial charge in [0.2, 0.25) is 5.78 Å². The number of aryl methyl sites for hydroxylation is 1. The molecule has 284 valence electrons. The van der Waals surface area contributed by atoms with Crippen LogP contribution in [0.4, 0.5) is 0 Å². The Morgan fingerprint density at radius 3 is 2.44 bits per heavy atom. The molecule has 4 atom stereocenters. The Labute approximate surface area is 317 Å². The molecule has 3 aliphatic rings. The zero-order chi connectivity index (χ0) is 38.9. The highest BCUT2D eigenvalue weighted by atomic mass is 28.4. The molecular formula is C43H50N2O8Si. The van der Waals surface area contributed by atoms with E-state index in [4.69, 9.17) is 23.2 Å². The van der Waals surface area contributed by atoms with Gasteiger partial charge in [-0.05, 0) is 97.8 Å². The number of hydrogen-bond donors (Lipinski definition) is 1. The number of fused-ring (bicyclic) bond motifs is 5. The van der Waals surface area contributed by atoms with E-state index in [9.17, 15) is 5.11 Å². The minimum atomic E-state index is -2.86. The number of ether oxygens (including phenoxy) is 3. The average Bonchev–Trinajstić information content (AvgIpc) is 3.54. The molecule has 0 fully saturated rings. The standard InChI is InChI=1S/C43H50N2O8Si/c1-11-19-50-37-28-18-17-27(49-8)22-29(28)24(2)32-30(37)20-26-21-31-35(45(6)7)38-34(41(44-52-38)51-23-25-15-13-12-14-16-25)40(48)43(31,39(47)33(26)36(32)46)53-54(9,10)42(3,4)5/h11-18,22,26,31,35,47H,1,19-21,23H2,2-10H3/t26-,31-,35-,43-/m0/s1. The number of carbonyl (C=O) groups is 2. The fraction of sp³-hybridized carbons (Fsp3) is 0.419. The molecule has 0 unspecified atom stereocenters. The lowest BCUT2D eigenvalue weighted by molar-refractivity contribution is -0.0480. The predicted octanol–water partition coefficient (Wildman–Crippen LogP) is 8.74. The third-order valence-corrected chi connectivity index (χ3v) is 16.5. The van der Waals surface area contributed by atoms with Gasteiger partial charge in [-0.15, -0.1) is 0 Å². The monoisotopic (exact) mass is 750 g/mol. The molecule has 1 aromatic heterocycles. The number of hydrogen-bond acceptors (Lipinski definition) is 10. The van der Waals surface area contributed by atoms with Gasteiger partial charge >= 0.3 is 0 Å². The highest BCUT2D eigenvalue weighted by Crippen LogP contribution is 2.60. The number of Topliss-reactive ketones (excluding diaryl/α,β-unsaturated/α-hetero) is 2. The van der Waals surface area contributed by atoms with Crippen molar-refractivity contribution in [3.63, 3.8) is 0 Å². The van der Waals surface area contributed by atoms with Gasteiger partial charge in [0.25, 0.3) is 5.88 Å². The summed E-state index contributed by atoms with van der Waals surface area (Å²) in [5.41, 5.74) is 1.29. The first kappa shape index (κ1) is 37.6. The molecule has 3 aliphatic carbocycles. The van der Waals surface area contributed by atoms with Crippen LogP contribution in [0, 0.1) is 18.8 Å². The van der Waals surface area contributed by atoms with Crippen molar-refractivity contribution in [1.29, 1.82) is 0 Å². The fourth-order valence-corrected chi connectivity index (χ4v) is 9.91. The van der Waals surface area contributed by atoms with Crippen LogP contribution in [0.15, 0.2) is 77.0 Å². The molecule has 0 bridgehead atoms. The summed E-state index contributed by atoms with van der Waals surface area (Å²) >= 11 is 0. The van der Waals surface area contributed by atoms with Crippen LogP contribution in [0.2, 0.25) is 18.1 Å². The second kappa shape index (κ2) is 13.5. The molecule has 1 heterocycles. The molecule has 7 rings (SSSR count). The number of methoxy groups -OCH3 is 1. The van der Waals surface area contributed by atoms with E-state index in [0.29, 0.717) is 35.7 Å². The molecule has 0 amide bonds. The maximum absolute atomic E-state index is 15.5. The third kappa shape index (κ3) is 5.70. The molecule has 10 nitrogen and oxygen atoms in total. The van der Waals surface area contributed by atoms with E-state index in [0.717, 1.165) is 27.5 Å². The average molecular weight is 751 g/mol. The fourth-order valence-electron chi connectivity index (χ4n) is 8.46. The van der Waals surface area contributed by atoms with Crippen molar-refractivity contribution in [3.8, 4) is 17.4 Å². The molecular weight excluding hydrogens is 701 g/mol. The van der Waals surface area contributed by atoms with Gasteiger partial charge < -0.3 is 28.3 Å². The van der Waals surface area contributed by atoms with Gasteiger partial charge in [-0.1, -0.05) is 63.8 Å². The van der Waals surface area contributed by atoms with Gasteiger partial charge in [0.1, 0.15) is 36.0 Å². The summed E-state index contributed by atoms with van der Waals surface area (Å²) in [4.78, 5) is 32.7. The number of aromatic nitrogens is 1. The predicted molar refractivity (Wildman–Crippen MR) is 209 cm³/mol. The molecule has 0 spiro atoms. The van der Waals surface area contributed by atoms with Crippen LogP contribution in [0.3, 0.4) is 0 Å². The summed E-state index contributed by atoms with van der Waals surface area (Å²) in [6, 6.07) is 14.8. The van der Waals surface area contributed by atoms with Crippen LogP contribution in [-0.2, 0) is 17.5 Å². The number of aliphatic hydroxyl groups excluding tert-OH is 1. The maximum atomic E-state index is 15.5. The first-order chi connectivity index (χ1) is 25.6. The molecule has 4 aromatic rings. The minimum absolute atomic E-state index is 0.0304. The number of benzene rings is 3. The highest BCUT2D eigenvalue weighted by Gasteiger charge is 2.67. The van der Waals surface area contributed by atoms with Crippen LogP contribution >= 0.6 is 0 Å². The first-order valence-corrected chi connectivity index (χ1v) is 21.4. The van der Waals surface area contributed by atoms with E-state index in [-0.39, 0.29) is 46.8 Å². The van der Waals surface area contributed by atoms with E-state index in [1.807, 2.05) is 74.4 Å². The molecule has 1 N–H and O–H groups in total. The Morgan fingerprint density at radius 1 is 1.07 bits per heavy atom. The van der Waals surface area contributed by atoms with Crippen molar-refractivity contribution < 1.29 is 37.9 Å². The largest absolute Gasteiger partial charge is 0.508 e. The number of nitrogens with zero attached hydrogens (tertiary/aromatic N) is 2. The molecule has 54 heavy (non-hydrogen) atoms. The van der Waals surface area contributed by atoms with Crippen molar-refractivity contribution in [3.05, 3.63) is 106 Å². The number of ketones is 2. The van der Waals surface area contributed by atoms with Crippen LogP contribution in [0.5, 0.6) is 17.4 Å². The number of rotatable bonds is 10. The Morgan fingerprint density at radius 2 is 1.80 bits per heavy atom. The van der Waals surface area contributed by atoms with Crippen LogP contribution in [0.25, 0.3) is 10.8 Å². The van der Waals surface area contributed by atoms with Crippen molar-refractivity contribution in [2.24, 2.45) is 11.8 Å². The lowest BCUT2D eigenvalue weighted by atomic mass is 9.58. The zero-order valence-corrected chi connectivity index (χ0v) is 33.7. The Bertz CT molecular complexity index is 2200. The second-order valence-electron chi connectivity index (χ2n) is 16.5. The normalized spacial score (nSPS) is 22.4. The van der Waals surface area contributed by atoms with Crippen LogP contribution in [0.1, 0.15) is 76.4 Å².